The van der Waals surface area contributed by atoms with Crippen LogP contribution in [0.1, 0.15) is 60.8 Å². The minimum Gasteiger partial charge on any atom is -0.412 e. The van der Waals surface area contributed by atoms with Gasteiger partial charge in [-0.2, -0.15) is 0 Å². The fraction of sp³-hybridized carbons (Fsp3) is 0.826. The topological polar surface area (TPSA) is 130 Å². The second kappa shape index (κ2) is 13.8. The van der Waals surface area contributed by atoms with Crippen molar-refractivity contribution >= 4 is 11.6 Å². The molecule has 0 amide bonds. The Balaban J connectivity index is 0. The van der Waals surface area contributed by atoms with Crippen LogP contribution >= 0.6 is 11.6 Å². The average molecular weight is 451 g/mol. The molecule has 2 aliphatic rings. The minimum absolute atomic E-state index is 0. The first-order chi connectivity index (χ1) is 12.6. The summed E-state index contributed by atoms with van der Waals surface area (Å²) >= 11 is 6.16. The summed E-state index contributed by atoms with van der Waals surface area (Å²) in [6.45, 7) is 17.6. The van der Waals surface area contributed by atoms with Crippen molar-refractivity contribution in [3.05, 3.63) is 22.8 Å². The quantitative estimate of drug-likeness (QED) is 0.588. The van der Waals surface area contributed by atoms with Crippen molar-refractivity contribution < 1.29 is 21.5 Å². The van der Waals surface area contributed by atoms with Crippen LogP contribution in [0.15, 0.2) is 22.8 Å². The lowest BCUT2D eigenvalue weighted by Crippen LogP contribution is -2.53. The van der Waals surface area contributed by atoms with Gasteiger partial charge < -0.3 is 31.8 Å². The maximum atomic E-state index is 10.1. The fourth-order valence-corrected chi connectivity index (χ4v) is 4.68. The van der Waals surface area contributed by atoms with E-state index in [0.29, 0.717) is 30.3 Å². The largest absolute Gasteiger partial charge is 0.412 e. The lowest BCUT2D eigenvalue weighted by atomic mass is 9.68. The molecule has 3 atom stereocenters. The van der Waals surface area contributed by atoms with Crippen LogP contribution in [-0.4, -0.2) is 64.8 Å². The Hall–Kier alpha value is -0.470. The van der Waals surface area contributed by atoms with E-state index in [1.807, 2.05) is 0 Å². The summed E-state index contributed by atoms with van der Waals surface area (Å²) in [6, 6.07) is 0.418. The van der Waals surface area contributed by atoms with Gasteiger partial charge in [0.15, 0.2) is 0 Å². The Bertz CT molecular complexity index is 549. The first-order valence-corrected chi connectivity index (χ1v) is 11.2. The van der Waals surface area contributed by atoms with Gasteiger partial charge in [-0.15, -0.1) is 0 Å². The zero-order chi connectivity index (χ0) is 20.2. The number of piperidine rings is 1. The van der Waals surface area contributed by atoms with Crippen LogP contribution in [-0.2, 0) is 0 Å². The van der Waals surface area contributed by atoms with Crippen molar-refractivity contribution in [3.63, 3.8) is 0 Å². The maximum absolute atomic E-state index is 10.1. The molecular formula is C23H47ClN2O4. The van der Waals surface area contributed by atoms with E-state index >= 15 is 0 Å². The molecule has 0 aromatic rings. The number of hydrogen-bond acceptors (Lipinski definition) is 3. The van der Waals surface area contributed by atoms with Gasteiger partial charge in [0, 0.05) is 30.7 Å². The molecule has 0 bridgehead atoms. The minimum atomic E-state index is -0.272. The van der Waals surface area contributed by atoms with Crippen molar-refractivity contribution in [2.24, 2.45) is 23.2 Å². The number of nitrogens with one attached hydrogen (secondary N) is 1. The van der Waals surface area contributed by atoms with E-state index < -0.39 is 0 Å². The third-order valence-corrected chi connectivity index (χ3v) is 6.82. The number of aliphatic hydroxyl groups excluding tert-OH is 1. The SMILES string of the molecule is CC(C)C(O)CN[C@@H](CN1CC[C@H](C2=CC=C(Cl)CC2)C(C)(C)C1)C(C)C.O.O.O. The fourth-order valence-electron chi connectivity index (χ4n) is 4.53. The highest BCUT2D eigenvalue weighted by atomic mass is 35.5. The predicted octanol–water partition coefficient (Wildman–Crippen LogP) is 2.33. The third-order valence-electron chi connectivity index (χ3n) is 6.51. The average Bonchev–Trinajstić information content (AvgIpc) is 2.58. The lowest BCUT2D eigenvalue weighted by molar-refractivity contribution is 0.0563. The molecule has 7 heteroatoms. The van der Waals surface area contributed by atoms with Crippen LogP contribution < -0.4 is 5.32 Å². The number of aliphatic hydroxyl groups is 1. The summed E-state index contributed by atoms with van der Waals surface area (Å²) in [5.74, 6) is 1.51. The number of rotatable bonds is 8. The zero-order valence-electron chi connectivity index (χ0n) is 19.8. The van der Waals surface area contributed by atoms with Crippen LogP contribution in [0.25, 0.3) is 0 Å². The summed E-state index contributed by atoms with van der Waals surface area (Å²) in [7, 11) is 0. The molecule has 30 heavy (non-hydrogen) atoms. The molecule has 1 aliphatic heterocycles. The zero-order valence-corrected chi connectivity index (χ0v) is 20.5. The molecule has 0 aromatic carbocycles. The summed E-state index contributed by atoms with van der Waals surface area (Å²) in [5.41, 5.74) is 1.86. The van der Waals surface area contributed by atoms with E-state index in [0.717, 1.165) is 37.5 Å². The van der Waals surface area contributed by atoms with Crippen LogP contribution in [0.5, 0.6) is 0 Å². The van der Waals surface area contributed by atoms with Crippen molar-refractivity contribution in [1.82, 2.24) is 10.2 Å². The Morgan fingerprint density at radius 3 is 2.20 bits per heavy atom. The van der Waals surface area contributed by atoms with Gasteiger partial charge in [0.25, 0.3) is 0 Å². The summed E-state index contributed by atoms with van der Waals surface area (Å²) in [6.07, 6.45) is 7.45. The van der Waals surface area contributed by atoms with E-state index in [1.54, 1.807) is 5.57 Å². The normalized spacial score (nSPS) is 23.5. The number of nitrogens with zero attached hydrogens (tertiary/aromatic N) is 1. The van der Waals surface area contributed by atoms with Gasteiger partial charge in [-0.25, -0.2) is 0 Å². The highest BCUT2D eigenvalue weighted by molar-refractivity contribution is 6.29. The third kappa shape index (κ3) is 8.95. The van der Waals surface area contributed by atoms with Crippen LogP contribution in [0.3, 0.4) is 0 Å². The number of halogens is 1. The molecule has 1 heterocycles. The molecule has 6 nitrogen and oxygen atoms in total. The van der Waals surface area contributed by atoms with E-state index in [-0.39, 0.29) is 27.9 Å². The van der Waals surface area contributed by atoms with Gasteiger partial charge in [0.05, 0.1) is 6.10 Å². The number of hydrogen-bond donors (Lipinski definition) is 2. The molecular weight excluding hydrogens is 404 g/mol. The first kappa shape index (κ1) is 31.7. The van der Waals surface area contributed by atoms with Crippen LogP contribution in [0.2, 0.25) is 0 Å². The Kier molecular flexibility index (Phi) is 14.6. The molecule has 8 N–H and O–H groups in total. The second-order valence-electron chi connectivity index (χ2n) is 9.99. The van der Waals surface area contributed by atoms with E-state index in [9.17, 15) is 5.11 Å². The molecule has 0 spiro atoms. The molecule has 2 rings (SSSR count). The van der Waals surface area contributed by atoms with Crippen LogP contribution in [0.4, 0.5) is 0 Å². The Morgan fingerprint density at radius 2 is 1.73 bits per heavy atom. The monoisotopic (exact) mass is 450 g/mol. The molecule has 180 valence electrons. The van der Waals surface area contributed by atoms with Crippen molar-refractivity contribution in [2.75, 3.05) is 26.2 Å². The van der Waals surface area contributed by atoms with Gasteiger partial charge in [-0.3, -0.25) is 0 Å². The molecule has 0 radical (unpaired) electrons. The van der Waals surface area contributed by atoms with Crippen molar-refractivity contribution in [3.8, 4) is 0 Å². The molecule has 1 fully saturated rings. The highest BCUT2D eigenvalue weighted by Gasteiger charge is 2.38. The van der Waals surface area contributed by atoms with Crippen molar-refractivity contribution in [2.45, 2.75) is 73.0 Å². The molecule has 1 saturated heterocycles. The van der Waals surface area contributed by atoms with Gasteiger partial charge in [-0.1, -0.05) is 64.8 Å². The second-order valence-corrected chi connectivity index (χ2v) is 10.5. The number of allylic oxidation sites excluding steroid dienone is 4. The van der Waals surface area contributed by atoms with Gasteiger partial charge in [0.1, 0.15) is 0 Å². The van der Waals surface area contributed by atoms with Gasteiger partial charge in [0.2, 0.25) is 0 Å². The first-order valence-electron chi connectivity index (χ1n) is 10.8. The summed E-state index contributed by atoms with van der Waals surface area (Å²) in [5, 5.41) is 14.8. The Labute approximate surface area is 188 Å². The van der Waals surface area contributed by atoms with E-state index in [2.05, 4.69) is 63.9 Å². The summed E-state index contributed by atoms with van der Waals surface area (Å²) < 4.78 is 0. The lowest BCUT2D eigenvalue weighted by Gasteiger charge is -2.47. The maximum Gasteiger partial charge on any atom is 0.0687 e. The predicted molar refractivity (Wildman–Crippen MR) is 128 cm³/mol. The standard InChI is InChI=1S/C23H41ClN2O.3H2O/c1-16(2)21(25-13-22(27)17(3)4)14-26-12-11-20(23(5,6)15-26)18-7-9-19(24)10-8-18;;;/h7,9,16-17,20-22,25,27H,8,10-15H2,1-6H3;3*1H2/t20-,21+,22?;;;/m1.../s1. The highest BCUT2D eigenvalue weighted by Crippen LogP contribution is 2.42. The number of likely N-dealkylation sites (tertiary alicyclic amines) is 1. The summed E-state index contributed by atoms with van der Waals surface area (Å²) in [4.78, 5) is 2.63. The molecule has 0 saturated carbocycles. The molecule has 1 aliphatic carbocycles. The van der Waals surface area contributed by atoms with E-state index in [4.69, 9.17) is 11.6 Å². The molecule has 1 unspecified atom stereocenters. The Morgan fingerprint density at radius 1 is 1.10 bits per heavy atom. The van der Waals surface area contributed by atoms with E-state index in [1.165, 1.54) is 6.42 Å². The van der Waals surface area contributed by atoms with Crippen LogP contribution in [0, 0.1) is 23.2 Å². The smallest absolute Gasteiger partial charge is 0.0687 e. The van der Waals surface area contributed by atoms with Gasteiger partial charge >= 0.3 is 0 Å². The van der Waals surface area contributed by atoms with Crippen molar-refractivity contribution in [1.29, 1.82) is 0 Å². The molecule has 0 aromatic heterocycles. The van der Waals surface area contributed by atoms with Gasteiger partial charge in [-0.05, 0) is 55.1 Å².